The van der Waals surface area contributed by atoms with Crippen molar-refractivity contribution < 1.29 is 0 Å². The number of hydrogen-bond donors (Lipinski definition) is 1. The van der Waals surface area contributed by atoms with Crippen molar-refractivity contribution in [3.63, 3.8) is 0 Å². The summed E-state index contributed by atoms with van der Waals surface area (Å²) in [6.45, 7) is 1.54. The Kier molecular flexibility index (Phi) is 4.12. The zero-order valence-corrected chi connectivity index (χ0v) is 10.8. The molecule has 0 saturated heterocycles. The fraction of sp³-hybridized carbons (Fsp3) is 0.308. The SMILES string of the molecule is CN(Cc1ccsc1)c1ncccc1CCN. The van der Waals surface area contributed by atoms with Crippen LogP contribution in [0.15, 0.2) is 35.2 Å². The van der Waals surface area contributed by atoms with Gasteiger partial charge < -0.3 is 10.6 Å². The topological polar surface area (TPSA) is 42.2 Å². The predicted octanol–water partition coefficient (Wildman–Crippen LogP) is 2.28. The molecule has 0 fully saturated rings. The van der Waals surface area contributed by atoms with Gasteiger partial charge in [-0.15, -0.1) is 0 Å². The Morgan fingerprint density at radius 3 is 3.00 bits per heavy atom. The van der Waals surface area contributed by atoms with Gasteiger partial charge >= 0.3 is 0 Å². The van der Waals surface area contributed by atoms with Crippen molar-refractivity contribution in [2.45, 2.75) is 13.0 Å². The van der Waals surface area contributed by atoms with E-state index in [2.05, 4.69) is 39.8 Å². The Bertz CT molecular complexity index is 453. The van der Waals surface area contributed by atoms with Crippen LogP contribution < -0.4 is 10.6 Å². The molecule has 3 nitrogen and oxygen atoms in total. The standard InChI is InChI=1S/C13H17N3S/c1-16(9-11-5-8-17-10-11)13-12(4-6-14)3-2-7-15-13/h2-3,5,7-8,10H,4,6,9,14H2,1H3. The van der Waals surface area contributed by atoms with E-state index >= 15 is 0 Å². The molecular formula is C13H17N3S. The van der Waals surface area contributed by atoms with Crippen molar-refractivity contribution in [3.05, 3.63) is 46.3 Å². The zero-order valence-electron chi connectivity index (χ0n) is 9.97. The average molecular weight is 247 g/mol. The minimum Gasteiger partial charge on any atom is -0.355 e. The summed E-state index contributed by atoms with van der Waals surface area (Å²) < 4.78 is 0. The van der Waals surface area contributed by atoms with Crippen molar-refractivity contribution in [2.24, 2.45) is 5.73 Å². The first-order valence-electron chi connectivity index (χ1n) is 5.67. The van der Waals surface area contributed by atoms with Crippen LogP contribution in [0.4, 0.5) is 5.82 Å². The summed E-state index contributed by atoms with van der Waals surface area (Å²) in [5.74, 6) is 1.03. The maximum Gasteiger partial charge on any atom is 0.131 e. The summed E-state index contributed by atoms with van der Waals surface area (Å²) in [7, 11) is 2.07. The molecule has 4 heteroatoms. The van der Waals surface area contributed by atoms with Crippen LogP contribution in [-0.4, -0.2) is 18.6 Å². The fourth-order valence-corrected chi connectivity index (χ4v) is 2.52. The lowest BCUT2D eigenvalue weighted by molar-refractivity contribution is 0.869. The van der Waals surface area contributed by atoms with E-state index in [-0.39, 0.29) is 0 Å². The van der Waals surface area contributed by atoms with Crippen molar-refractivity contribution in [3.8, 4) is 0 Å². The molecule has 0 amide bonds. The van der Waals surface area contributed by atoms with Crippen LogP contribution in [-0.2, 0) is 13.0 Å². The van der Waals surface area contributed by atoms with E-state index in [1.54, 1.807) is 11.3 Å². The maximum absolute atomic E-state index is 5.62. The highest BCUT2D eigenvalue weighted by molar-refractivity contribution is 7.07. The summed E-state index contributed by atoms with van der Waals surface area (Å²) in [6, 6.07) is 6.21. The second kappa shape index (κ2) is 5.80. The highest BCUT2D eigenvalue weighted by atomic mass is 32.1. The van der Waals surface area contributed by atoms with Crippen LogP contribution in [0, 0.1) is 0 Å². The van der Waals surface area contributed by atoms with E-state index in [1.165, 1.54) is 11.1 Å². The number of thiophene rings is 1. The van der Waals surface area contributed by atoms with Gasteiger partial charge in [0.1, 0.15) is 5.82 Å². The predicted molar refractivity (Wildman–Crippen MR) is 73.4 cm³/mol. The second-order valence-electron chi connectivity index (χ2n) is 4.01. The molecule has 2 rings (SSSR count). The first-order chi connectivity index (χ1) is 8.31. The van der Waals surface area contributed by atoms with Crippen molar-refractivity contribution in [1.29, 1.82) is 0 Å². The van der Waals surface area contributed by atoms with E-state index in [4.69, 9.17) is 5.73 Å². The van der Waals surface area contributed by atoms with Crippen LogP contribution in [0.3, 0.4) is 0 Å². The van der Waals surface area contributed by atoms with Gasteiger partial charge in [0.25, 0.3) is 0 Å². The van der Waals surface area contributed by atoms with Crippen LogP contribution in [0.5, 0.6) is 0 Å². The highest BCUT2D eigenvalue weighted by Crippen LogP contribution is 2.19. The summed E-state index contributed by atoms with van der Waals surface area (Å²) in [5.41, 5.74) is 8.16. The molecule has 0 aliphatic heterocycles. The molecule has 17 heavy (non-hydrogen) atoms. The molecule has 2 heterocycles. The van der Waals surface area contributed by atoms with E-state index in [0.717, 1.165) is 18.8 Å². The quantitative estimate of drug-likeness (QED) is 0.881. The Morgan fingerprint density at radius 1 is 1.41 bits per heavy atom. The van der Waals surface area contributed by atoms with Gasteiger partial charge in [-0.2, -0.15) is 11.3 Å². The van der Waals surface area contributed by atoms with Crippen LogP contribution >= 0.6 is 11.3 Å². The average Bonchev–Trinajstić information content (AvgIpc) is 2.83. The Balaban J connectivity index is 2.15. The van der Waals surface area contributed by atoms with Gasteiger partial charge in [-0.05, 0) is 47.0 Å². The molecular weight excluding hydrogens is 230 g/mol. The monoisotopic (exact) mass is 247 g/mol. The molecule has 2 aromatic heterocycles. The number of pyridine rings is 1. The number of aromatic nitrogens is 1. The van der Waals surface area contributed by atoms with Crippen LogP contribution in [0.1, 0.15) is 11.1 Å². The van der Waals surface area contributed by atoms with Gasteiger partial charge in [-0.25, -0.2) is 4.98 Å². The molecule has 0 aliphatic carbocycles. The Labute approximate surface area is 106 Å². The molecule has 0 saturated carbocycles. The summed E-state index contributed by atoms with van der Waals surface area (Å²) >= 11 is 1.72. The third kappa shape index (κ3) is 3.05. The van der Waals surface area contributed by atoms with Crippen LogP contribution in [0.2, 0.25) is 0 Å². The first-order valence-corrected chi connectivity index (χ1v) is 6.61. The number of nitrogens with zero attached hydrogens (tertiary/aromatic N) is 2. The molecule has 0 aliphatic rings. The van der Waals surface area contributed by atoms with Crippen molar-refractivity contribution in [2.75, 3.05) is 18.5 Å². The second-order valence-corrected chi connectivity index (χ2v) is 4.79. The fourth-order valence-electron chi connectivity index (χ4n) is 1.86. The Hall–Kier alpha value is -1.39. The minimum atomic E-state index is 0.658. The van der Waals surface area contributed by atoms with Gasteiger partial charge in [0.2, 0.25) is 0 Å². The van der Waals surface area contributed by atoms with Crippen molar-refractivity contribution in [1.82, 2.24) is 4.98 Å². The lowest BCUT2D eigenvalue weighted by Gasteiger charge is -2.20. The summed E-state index contributed by atoms with van der Waals surface area (Å²) in [5, 5.41) is 4.27. The zero-order chi connectivity index (χ0) is 12.1. The van der Waals surface area contributed by atoms with Gasteiger partial charge in [0.15, 0.2) is 0 Å². The molecule has 0 unspecified atom stereocenters. The van der Waals surface area contributed by atoms with Gasteiger partial charge in [-0.3, -0.25) is 0 Å². The number of nitrogens with two attached hydrogens (primary N) is 1. The third-order valence-corrected chi connectivity index (χ3v) is 3.37. The van der Waals surface area contributed by atoms with E-state index in [0.29, 0.717) is 6.54 Å². The smallest absolute Gasteiger partial charge is 0.131 e. The number of hydrogen-bond acceptors (Lipinski definition) is 4. The minimum absolute atomic E-state index is 0.658. The Morgan fingerprint density at radius 2 is 2.29 bits per heavy atom. The van der Waals surface area contributed by atoms with E-state index in [1.807, 2.05) is 12.3 Å². The molecule has 0 radical (unpaired) electrons. The highest BCUT2D eigenvalue weighted by Gasteiger charge is 2.08. The molecule has 0 atom stereocenters. The largest absolute Gasteiger partial charge is 0.355 e. The summed E-state index contributed by atoms with van der Waals surface area (Å²) in [6.07, 6.45) is 2.70. The normalized spacial score (nSPS) is 10.5. The van der Waals surface area contributed by atoms with Crippen molar-refractivity contribution >= 4 is 17.2 Å². The number of anilines is 1. The molecule has 0 spiro atoms. The molecule has 2 aromatic rings. The summed E-state index contributed by atoms with van der Waals surface area (Å²) in [4.78, 5) is 6.63. The van der Waals surface area contributed by atoms with Gasteiger partial charge in [-0.1, -0.05) is 6.07 Å². The lowest BCUT2D eigenvalue weighted by Crippen LogP contribution is -2.19. The van der Waals surface area contributed by atoms with Gasteiger partial charge in [0.05, 0.1) is 0 Å². The third-order valence-electron chi connectivity index (χ3n) is 2.64. The first kappa shape index (κ1) is 12.1. The molecule has 90 valence electrons. The van der Waals surface area contributed by atoms with Gasteiger partial charge in [0, 0.05) is 19.8 Å². The molecule has 2 N–H and O–H groups in total. The lowest BCUT2D eigenvalue weighted by atomic mass is 10.1. The van der Waals surface area contributed by atoms with E-state index in [9.17, 15) is 0 Å². The number of rotatable bonds is 5. The molecule has 0 aromatic carbocycles. The van der Waals surface area contributed by atoms with E-state index < -0.39 is 0 Å². The molecule has 0 bridgehead atoms. The van der Waals surface area contributed by atoms with Crippen LogP contribution in [0.25, 0.3) is 0 Å². The maximum atomic E-state index is 5.62.